The molecular formula is C12H21N3O2. The number of nitrogens with two attached hydrogens (primary N) is 1. The van der Waals surface area contributed by atoms with Crippen LogP contribution in [0.15, 0.2) is 4.52 Å². The van der Waals surface area contributed by atoms with E-state index in [2.05, 4.69) is 10.1 Å². The highest BCUT2D eigenvalue weighted by Gasteiger charge is 2.35. The molecule has 1 saturated heterocycles. The van der Waals surface area contributed by atoms with E-state index in [0.717, 1.165) is 25.9 Å². The van der Waals surface area contributed by atoms with Gasteiger partial charge >= 0.3 is 0 Å². The lowest BCUT2D eigenvalue weighted by Gasteiger charge is -2.30. The molecule has 5 heteroatoms. The van der Waals surface area contributed by atoms with E-state index < -0.39 is 5.60 Å². The van der Waals surface area contributed by atoms with Crippen LogP contribution in [0.2, 0.25) is 0 Å². The van der Waals surface area contributed by atoms with Crippen molar-refractivity contribution in [2.24, 2.45) is 5.73 Å². The molecule has 1 aromatic heterocycles. The summed E-state index contributed by atoms with van der Waals surface area (Å²) in [6, 6.07) is 0.00313. The summed E-state index contributed by atoms with van der Waals surface area (Å²) in [4.78, 5) is 4.44. The van der Waals surface area contributed by atoms with Crippen LogP contribution in [0.25, 0.3) is 0 Å². The molecule has 1 fully saturated rings. The number of hydrogen-bond acceptors (Lipinski definition) is 5. The molecule has 1 aliphatic heterocycles. The van der Waals surface area contributed by atoms with Crippen LogP contribution in [0.4, 0.5) is 0 Å². The summed E-state index contributed by atoms with van der Waals surface area (Å²) in [5.74, 6) is 1.33. The van der Waals surface area contributed by atoms with Crippen LogP contribution in [-0.2, 0) is 10.3 Å². The second-order valence-electron chi connectivity index (χ2n) is 5.14. The summed E-state index contributed by atoms with van der Waals surface area (Å²) < 4.78 is 11.1. The predicted molar refractivity (Wildman–Crippen MR) is 63.5 cm³/mol. The average Bonchev–Trinajstić information content (AvgIpc) is 2.78. The highest BCUT2D eigenvalue weighted by atomic mass is 16.5. The van der Waals surface area contributed by atoms with Gasteiger partial charge in [-0.2, -0.15) is 4.98 Å². The minimum atomic E-state index is -0.391. The lowest BCUT2D eigenvalue weighted by Crippen LogP contribution is -2.31. The fourth-order valence-corrected chi connectivity index (χ4v) is 1.97. The molecule has 5 nitrogen and oxygen atoms in total. The van der Waals surface area contributed by atoms with Crippen molar-refractivity contribution in [2.75, 3.05) is 6.61 Å². The van der Waals surface area contributed by atoms with Gasteiger partial charge in [0.25, 0.3) is 0 Å². The molecule has 0 aliphatic carbocycles. The van der Waals surface area contributed by atoms with Crippen LogP contribution in [0.5, 0.6) is 0 Å². The summed E-state index contributed by atoms with van der Waals surface area (Å²) in [5.41, 5.74) is 5.44. The summed E-state index contributed by atoms with van der Waals surface area (Å²) in [6.45, 7) is 6.72. The third-order valence-electron chi connectivity index (χ3n) is 3.56. The van der Waals surface area contributed by atoms with Gasteiger partial charge in [0.15, 0.2) is 0 Å². The van der Waals surface area contributed by atoms with E-state index in [4.69, 9.17) is 15.0 Å². The lowest BCUT2D eigenvalue weighted by molar-refractivity contribution is -0.0770. The van der Waals surface area contributed by atoms with Gasteiger partial charge in [-0.05, 0) is 33.1 Å². The maximum atomic E-state index is 5.83. The highest BCUT2D eigenvalue weighted by molar-refractivity contribution is 5.03. The van der Waals surface area contributed by atoms with Crippen molar-refractivity contribution in [3.63, 3.8) is 0 Å². The highest BCUT2D eigenvalue weighted by Crippen LogP contribution is 2.33. The first-order valence-electron chi connectivity index (χ1n) is 6.26. The molecule has 3 atom stereocenters. The Morgan fingerprint density at radius 3 is 2.71 bits per heavy atom. The predicted octanol–water partition coefficient (Wildman–Crippen LogP) is 1.94. The molecule has 2 rings (SSSR count). The van der Waals surface area contributed by atoms with Crippen molar-refractivity contribution < 1.29 is 9.26 Å². The molecule has 1 aromatic rings. The number of nitrogens with zero attached hydrogens (tertiary/aromatic N) is 2. The molecule has 0 bridgehead atoms. The summed E-state index contributed by atoms with van der Waals surface area (Å²) in [7, 11) is 0. The van der Waals surface area contributed by atoms with Gasteiger partial charge in [-0.25, -0.2) is 0 Å². The van der Waals surface area contributed by atoms with E-state index >= 15 is 0 Å². The van der Waals surface area contributed by atoms with Crippen molar-refractivity contribution in [3.8, 4) is 0 Å². The number of ether oxygens (including phenoxy) is 1. The first-order valence-corrected chi connectivity index (χ1v) is 6.26. The molecule has 0 saturated carbocycles. The third kappa shape index (κ3) is 2.50. The fraction of sp³-hybridized carbons (Fsp3) is 0.833. The van der Waals surface area contributed by atoms with E-state index in [-0.39, 0.29) is 12.0 Å². The van der Waals surface area contributed by atoms with Crippen LogP contribution >= 0.6 is 0 Å². The van der Waals surface area contributed by atoms with Crippen LogP contribution in [-0.4, -0.2) is 22.8 Å². The largest absolute Gasteiger partial charge is 0.367 e. The maximum Gasteiger partial charge on any atom is 0.231 e. The van der Waals surface area contributed by atoms with Crippen molar-refractivity contribution in [1.29, 1.82) is 0 Å². The Balaban J connectivity index is 2.17. The molecule has 0 aromatic carbocycles. The van der Waals surface area contributed by atoms with Crippen molar-refractivity contribution in [2.45, 2.75) is 57.6 Å². The third-order valence-corrected chi connectivity index (χ3v) is 3.56. The van der Waals surface area contributed by atoms with Crippen LogP contribution in [0, 0.1) is 0 Å². The summed E-state index contributed by atoms with van der Waals surface area (Å²) >= 11 is 0. The zero-order valence-electron chi connectivity index (χ0n) is 10.8. The first kappa shape index (κ1) is 12.5. The van der Waals surface area contributed by atoms with Gasteiger partial charge in [0.2, 0.25) is 11.7 Å². The van der Waals surface area contributed by atoms with Gasteiger partial charge in [0, 0.05) is 12.6 Å². The number of aromatic nitrogens is 2. The molecular weight excluding hydrogens is 218 g/mol. The monoisotopic (exact) mass is 239 g/mol. The topological polar surface area (TPSA) is 74.2 Å². The van der Waals surface area contributed by atoms with Crippen LogP contribution < -0.4 is 5.73 Å². The van der Waals surface area contributed by atoms with Gasteiger partial charge in [0.05, 0.1) is 5.92 Å². The van der Waals surface area contributed by atoms with E-state index in [0.29, 0.717) is 11.7 Å². The number of hydrogen-bond donors (Lipinski definition) is 1. The molecule has 96 valence electrons. The minimum Gasteiger partial charge on any atom is -0.367 e. The SMILES string of the molecule is CC(N)C(C)c1nc(C2(C)CCCCO2)no1. The first-order chi connectivity index (χ1) is 8.03. The Morgan fingerprint density at radius 2 is 2.12 bits per heavy atom. The Hall–Kier alpha value is -0.940. The molecule has 0 radical (unpaired) electrons. The molecule has 0 amide bonds. The van der Waals surface area contributed by atoms with Gasteiger partial charge in [-0.3, -0.25) is 0 Å². The van der Waals surface area contributed by atoms with Crippen molar-refractivity contribution in [3.05, 3.63) is 11.7 Å². The molecule has 17 heavy (non-hydrogen) atoms. The lowest BCUT2D eigenvalue weighted by atomic mass is 9.95. The Labute approximate surface area is 102 Å². The Bertz CT molecular complexity index is 370. The minimum absolute atomic E-state index is 0.00313. The van der Waals surface area contributed by atoms with E-state index in [1.54, 1.807) is 0 Å². The quantitative estimate of drug-likeness (QED) is 0.872. The fourth-order valence-electron chi connectivity index (χ4n) is 1.97. The van der Waals surface area contributed by atoms with E-state index in [1.807, 2.05) is 20.8 Å². The van der Waals surface area contributed by atoms with Gasteiger partial charge in [0.1, 0.15) is 5.60 Å². The molecule has 2 heterocycles. The molecule has 3 unspecified atom stereocenters. The summed E-state index contributed by atoms with van der Waals surface area (Å²) in [6.07, 6.45) is 3.19. The number of rotatable bonds is 3. The second-order valence-corrected chi connectivity index (χ2v) is 5.14. The van der Waals surface area contributed by atoms with Gasteiger partial charge in [-0.1, -0.05) is 12.1 Å². The normalized spacial score (nSPS) is 28.9. The standard InChI is InChI=1S/C12H21N3O2/c1-8(9(2)13)10-14-11(15-17-10)12(3)6-4-5-7-16-12/h8-9H,4-7,13H2,1-3H3. The van der Waals surface area contributed by atoms with Gasteiger partial charge < -0.3 is 15.0 Å². The van der Waals surface area contributed by atoms with E-state index in [1.165, 1.54) is 0 Å². The summed E-state index contributed by atoms with van der Waals surface area (Å²) in [5, 5.41) is 4.05. The van der Waals surface area contributed by atoms with Crippen molar-refractivity contribution >= 4 is 0 Å². The van der Waals surface area contributed by atoms with Crippen LogP contribution in [0.3, 0.4) is 0 Å². The second kappa shape index (κ2) is 4.74. The zero-order valence-corrected chi connectivity index (χ0v) is 10.8. The Morgan fingerprint density at radius 1 is 1.35 bits per heavy atom. The van der Waals surface area contributed by atoms with Gasteiger partial charge in [-0.15, -0.1) is 0 Å². The molecule has 2 N–H and O–H groups in total. The smallest absolute Gasteiger partial charge is 0.231 e. The Kier molecular flexibility index (Phi) is 3.49. The van der Waals surface area contributed by atoms with Crippen LogP contribution in [0.1, 0.15) is 57.7 Å². The maximum absolute atomic E-state index is 5.83. The molecule has 0 spiro atoms. The average molecular weight is 239 g/mol. The van der Waals surface area contributed by atoms with Crippen molar-refractivity contribution in [1.82, 2.24) is 10.1 Å². The van der Waals surface area contributed by atoms with E-state index in [9.17, 15) is 0 Å². The zero-order chi connectivity index (χ0) is 12.5. The molecule has 1 aliphatic rings.